The van der Waals surface area contributed by atoms with Gasteiger partial charge in [0.05, 0.1) is 12.2 Å². The van der Waals surface area contributed by atoms with E-state index in [1.807, 2.05) is 0 Å². The van der Waals surface area contributed by atoms with Gasteiger partial charge in [0.1, 0.15) is 6.23 Å². The van der Waals surface area contributed by atoms with Gasteiger partial charge < -0.3 is 27.5 Å². The van der Waals surface area contributed by atoms with Crippen LogP contribution in [-0.2, 0) is 27.5 Å². The van der Waals surface area contributed by atoms with Crippen LogP contribution in [0.3, 0.4) is 0 Å². The molecule has 0 aromatic carbocycles. The topological polar surface area (TPSA) is 55.4 Å². The maximum Gasteiger partial charge on any atom is 0.527 e. The Morgan fingerprint density at radius 3 is 1.95 bits per heavy atom. The number of hydrogen-bond acceptors (Lipinski definition) is 6. The first-order chi connectivity index (χ1) is 9.64. The van der Waals surface area contributed by atoms with Crippen molar-refractivity contribution in [3.63, 3.8) is 0 Å². The van der Waals surface area contributed by atoms with Crippen LogP contribution in [0, 0.1) is 5.92 Å². The molecule has 120 valence electrons. The Morgan fingerprint density at radius 2 is 1.45 bits per heavy atom. The van der Waals surface area contributed by atoms with E-state index in [1.54, 1.807) is 35.5 Å². The predicted octanol–water partition coefficient (Wildman–Crippen LogP) is 1.25. The number of ether oxygens (including phenoxy) is 3. The fourth-order valence-corrected chi connectivity index (χ4v) is 3.85. The fraction of sp³-hybridized carbons (Fsp3) is 1.00. The van der Waals surface area contributed by atoms with E-state index in [1.165, 1.54) is 0 Å². The van der Waals surface area contributed by atoms with E-state index in [-0.39, 0.29) is 12.2 Å². The molecule has 7 heteroatoms. The molecular formula is C13H28O6Si. The van der Waals surface area contributed by atoms with E-state index in [4.69, 9.17) is 27.5 Å². The molecule has 0 heterocycles. The molecule has 0 aromatic rings. The monoisotopic (exact) mass is 308 g/mol. The highest BCUT2D eigenvalue weighted by Gasteiger charge is 2.39. The van der Waals surface area contributed by atoms with Gasteiger partial charge in [-0.1, -0.05) is 0 Å². The summed E-state index contributed by atoms with van der Waals surface area (Å²) in [6.07, 6.45) is 3.76. The SMILES string of the molecule is COC1CCC(COC[Si](OC)(OC)OC)CC1OC. The molecule has 1 saturated carbocycles. The standard InChI is InChI=1S/C13H28O6Si/c1-14-12-7-6-11(8-13(12)15-2)9-19-10-20(16-3,17-4)18-5/h11-13H,6-10H2,1-5H3. The molecule has 1 aliphatic carbocycles. The third-order valence-electron chi connectivity index (χ3n) is 4.01. The lowest BCUT2D eigenvalue weighted by Crippen LogP contribution is -2.48. The van der Waals surface area contributed by atoms with Gasteiger partial charge in [-0.05, 0) is 25.2 Å². The Hall–Kier alpha value is -0.0231. The van der Waals surface area contributed by atoms with Gasteiger partial charge in [-0.3, -0.25) is 0 Å². The molecule has 0 radical (unpaired) electrons. The Morgan fingerprint density at radius 1 is 0.850 bits per heavy atom. The first kappa shape index (κ1) is 18.0. The van der Waals surface area contributed by atoms with Crippen LogP contribution in [0.4, 0.5) is 0 Å². The van der Waals surface area contributed by atoms with Crippen molar-refractivity contribution in [3.8, 4) is 0 Å². The van der Waals surface area contributed by atoms with Crippen molar-refractivity contribution in [1.29, 1.82) is 0 Å². The second-order valence-corrected chi connectivity index (χ2v) is 7.92. The predicted molar refractivity (Wildman–Crippen MR) is 76.5 cm³/mol. The summed E-state index contributed by atoms with van der Waals surface area (Å²) < 4.78 is 32.7. The van der Waals surface area contributed by atoms with Gasteiger partial charge in [0.25, 0.3) is 0 Å². The summed E-state index contributed by atoms with van der Waals surface area (Å²) in [6.45, 7) is 0.668. The van der Waals surface area contributed by atoms with E-state index in [9.17, 15) is 0 Å². The normalized spacial score (nSPS) is 27.8. The first-order valence-electron chi connectivity index (χ1n) is 6.93. The summed E-state index contributed by atoms with van der Waals surface area (Å²) in [6, 6.07) is 0. The van der Waals surface area contributed by atoms with E-state index in [0.717, 1.165) is 19.3 Å². The number of hydrogen-bond donors (Lipinski definition) is 0. The molecule has 0 aliphatic heterocycles. The molecule has 1 aliphatic rings. The van der Waals surface area contributed by atoms with E-state index in [0.29, 0.717) is 18.8 Å². The lowest BCUT2D eigenvalue weighted by molar-refractivity contribution is -0.0793. The van der Waals surface area contributed by atoms with E-state index < -0.39 is 8.80 Å². The van der Waals surface area contributed by atoms with E-state index in [2.05, 4.69) is 0 Å². The van der Waals surface area contributed by atoms with Gasteiger partial charge >= 0.3 is 8.80 Å². The molecule has 3 unspecified atom stereocenters. The molecule has 6 nitrogen and oxygen atoms in total. The van der Waals surface area contributed by atoms with Crippen molar-refractivity contribution in [2.75, 3.05) is 48.4 Å². The zero-order chi connectivity index (χ0) is 15.0. The average molecular weight is 308 g/mol. The minimum absolute atomic E-state index is 0.150. The lowest BCUT2D eigenvalue weighted by Gasteiger charge is -2.34. The highest BCUT2D eigenvalue weighted by Crippen LogP contribution is 2.28. The Bertz CT molecular complexity index is 253. The van der Waals surface area contributed by atoms with Gasteiger partial charge in [-0.15, -0.1) is 0 Å². The summed E-state index contributed by atoms with van der Waals surface area (Å²) in [5.41, 5.74) is 0. The van der Waals surface area contributed by atoms with E-state index >= 15 is 0 Å². The van der Waals surface area contributed by atoms with Crippen molar-refractivity contribution in [1.82, 2.24) is 0 Å². The zero-order valence-electron chi connectivity index (χ0n) is 13.2. The molecule has 0 N–H and O–H groups in total. The average Bonchev–Trinajstić information content (AvgIpc) is 2.51. The summed E-state index contributed by atoms with van der Waals surface area (Å²) in [5, 5.41) is 0. The summed E-state index contributed by atoms with van der Waals surface area (Å²) in [5.74, 6) is 0.476. The fourth-order valence-electron chi connectivity index (χ4n) is 2.63. The summed E-state index contributed by atoms with van der Waals surface area (Å²) in [7, 11) is 5.62. The molecule has 0 bridgehead atoms. The molecule has 0 amide bonds. The molecule has 1 rings (SSSR count). The second kappa shape index (κ2) is 9.09. The van der Waals surface area contributed by atoms with Crippen LogP contribution in [0.2, 0.25) is 0 Å². The quantitative estimate of drug-likeness (QED) is 0.598. The van der Waals surface area contributed by atoms with Crippen molar-refractivity contribution in [2.24, 2.45) is 5.92 Å². The van der Waals surface area contributed by atoms with Gasteiger partial charge in [0.2, 0.25) is 0 Å². The van der Waals surface area contributed by atoms with Crippen LogP contribution in [0.1, 0.15) is 19.3 Å². The van der Waals surface area contributed by atoms with Crippen molar-refractivity contribution in [2.45, 2.75) is 31.5 Å². The van der Waals surface area contributed by atoms with Crippen molar-refractivity contribution in [3.05, 3.63) is 0 Å². The number of methoxy groups -OCH3 is 2. The molecule has 0 saturated heterocycles. The minimum atomic E-state index is -2.63. The first-order valence-corrected chi connectivity index (χ1v) is 8.86. The Labute approximate surface area is 123 Å². The molecule has 0 spiro atoms. The second-order valence-electron chi connectivity index (χ2n) is 5.04. The van der Waals surface area contributed by atoms with Gasteiger partial charge in [-0.25, -0.2) is 0 Å². The molecule has 1 fully saturated rings. The Balaban J connectivity index is 2.35. The minimum Gasteiger partial charge on any atom is -0.379 e. The number of rotatable bonds is 9. The third kappa shape index (κ3) is 4.76. The Kier molecular flexibility index (Phi) is 8.19. The lowest BCUT2D eigenvalue weighted by atomic mass is 9.85. The highest BCUT2D eigenvalue weighted by molar-refractivity contribution is 6.60. The van der Waals surface area contributed by atoms with Crippen LogP contribution >= 0.6 is 0 Å². The van der Waals surface area contributed by atoms with Crippen LogP contribution in [-0.4, -0.2) is 69.4 Å². The zero-order valence-corrected chi connectivity index (χ0v) is 14.2. The maximum absolute atomic E-state index is 5.76. The smallest absolute Gasteiger partial charge is 0.379 e. The van der Waals surface area contributed by atoms with Crippen LogP contribution < -0.4 is 0 Å². The molecular weight excluding hydrogens is 280 g/mol. The largest absolute Gasteiger partial charge is 0.527 e. The van der Waals surface area contributed by atoms with Gasteiger partial charge in [0.15, 0.2) is 0 Å². The molecule has 20 heavy (non-hydrogen) atoms. The van der Waals surface area contributed by atoms with Crippen molar-refractivity contribution < 1.29 is 27.5 Å². The maximum atomic E-state index is 5.76. The van der Waals surface area contributed by atoms with Crippen molar-refractivity contribution >= 4 is 8.80 Å². The summed E-state index contributed by atoms with van der Waals surface area (Å²) >= 11 is 0. The highest BCUT2D eigenvalue weighted by atomic mass is 28.4. The van der Waals surface area contributed by atoms with Gasteiger partial charge in [-0.2, -0.15) is 0 Å². The molecule has 3 atom stereocenters. The molecule has 0 aromatic heterocycles. The van der Waals surface area contributed by atoms with Crippen LogP contribution in [0.25, 0.3) is 0 Å². The van der Waals surface area contributed by atoms with Gasteiger partial charge in [0, 0.05) is 42.2 Å². The van der Waals surface area contributed by atoms with Crippen LogP contribution in [0.15, 0.2) is 0 Å². The summed E-state index contributed by atoms with van der Waals surface area (Å²) in [4.78, 5) is 0. The third-order valence-corrected chi connectivity index (χ3v) is 6.43. The van der Waals surface area contributed by atoms with Crippen LogP contribution in [0.5, 0.6) is 0 Å².